The summed E-state index contributed by atoms with van der Waals surface area (Å²) in [7, 11) is -9.62. The van der Waals surface area contributed by atoms with Crippen molar-refractivity contribution in [2.75, 3.05) is 13.2 Å². The summed E-state index contributed by atoms with van der Waals surface area (Å²) >= 11 is 0. The molecular weight excluding hydrogens is 585 g/mol. The molecule has 0 saturated heterocycles. The van der Waals surface area contributed by atoms with Gasteiger partial charge in [-0.25, -0.2) is 16.8 Å². The molecule has 0 aliphatic rings. The van der Waals surface area contributed by atoms with Crippen molar-refractivity contribution in [3.63, 3.8) is 0 Å². The van der Waals surface area contributed by atoms with Crippen molar-refractivity contribution < 1.29 is 31.1 Å². The van der Waals surface area contributed by atoms with Crippen molar-refractivity contribution in [2.45, 2.75) is 75.0 Å². The van der Waals surface area contributed by atoms with Gasteiger partial charge in [0, 0.05) is 21.5 Å². The largest absolute Gasteiger partial charge is 0.504 e. The molecule has 4 aromatic carbocycles. The summed E-state index contributed by atoms with van der Waals surface area (Å²) in [4.78, 5) is 2.28. The van der Waals surface area contributed by atoms with Crippen LogP contribution in [0.5, 0.6) is 11.5 Å². The van der Waals surface area contributed by atoms with Gasteiger partial charge >= 0.3 is 4.38 Å². The molecule has 0 N–H and O–H groups in total. The Balaban J connectivity index is 1.71. The number of fused-ring (bicyclic) bond motifs is 2. The van der Waals surface area contributed by atoms with Gasteiger partial charge in [0.1, 0.15) is 11.5 Å². The highest BCUT2D eigenvalue weighted by Crippen LogP contribution is 2.36. The van der Waals surface area contributed by atoms with E-state index in [1.54, 1.807) is 48.5 Å². The molecule has 4 rings (SSSR count). The molecule has 228 valence electrons. The van der Waals surface area contributed by atoms with Gasteiger partial charge in [-0.2, -0.15) is 0 Å². The topological polar surface area (TPSA) is 123 Å². The third-order valence-corrected chi connectivity index (χ3v) is 11.6. The van der Waals surface area contributed by atoms with Gasteiger partial charge in [-0.1, -0.05) is 101 Å². The van der Waals surface area contributed by atoms with Crippen molar-refractivity contribution in [3.8, 4) is 11.5 Å². The molecule has 0 heterocycles. The van der Waals surface area contributed by atoms with E-state index in [2.05, 4.69) is 18.6 Å². The fraction of sp³-hybridized carbons (Fsp3) is 0.364. The van der Waals surface area contributed by atoms with Crippen LogP contribution in [-0.4, -0.2) is 39.2 Å². The summed E-state index contributed by atoms with van der Waals surface area (Å²) in [5.74, 6) is 0.986. The molecule has 0 atom stereocenters. The predicted octanol–water partition coefficient (Wildman–Crippen LogP) is 7.74. The highest BCUT2D eigenvalue weighted by atomic mass is 32.3. The number of hydrogen-bond donors (Lipinski definition) is 0. The predicted molar refractivity (Wildman–Crippen MR) is 170 cm³/mol. The van der Waals surface area contributed by atoms with Crippen LogP contribution in [0.1, 0.15) is 65.2 Å². The van der Waals surface area contributed by atoms with Crippen LogP contribution in [-0.2, 0) is 19.7 Å². The Hall–Kier alpha value is -3.72. The average Bonchev–Trinajstić information content (AvgIpc) is 3.00. The van der Waals surface area contributed by atoms with E-state index in [-0.39, 0.29) is 20.6 Å². The maximum Gasteiger partial charge on any atom is 0.504 e. The Labute approximate surface area is 254 Å². The molecule has 8 nitrogen and oxygen atoms in total. The summed E-state index contributed by atoms with van der Waals surface area (Å²) in [6.45, 7) is 5.19. The highest BCUT2D eigenvalue weighted by Gasteiger charge is 2.45. The van der Waals surface area contributed by atoms with Gasteiger partial charge in [0.05, 0.1) is 23.0 Å². The standard InChI is InChI=1S/C33H38N2O6S2/c1-3-5-7-13-23-40-29-19-21-31(27-17-11-9-15-25(27)29)42(36,37)33(35-34)43(38,39)32-22-20-30(41-24-14-8-6-4-2)26-16-10-12-18-28(26)32/h9-12,15-22H,3-8,13-14,23-24H2,1-2H3. The van der Waals surface area contributed by atoms with Crippen molar-refractivity contribution in [1.29, 1.82) is 0 Å². The fourth-order valence-electron chi connectivity index (χ4n) is 5.07. The second-order valence-electron chi connectivity index (χ2n) is 10.4. The molecule has 10 heteroatoms. The molecule has 0 fully saturated rings. The normalized spacial score (nSPS) is 11.9. The van der Waals surface area contributed by atoms with Gasteiger partial charge in [-0.3, -0.25) is 0 Å². The number of rotatable bonds is 14. The van der Waals surface area contributed by atoms with Crippen LogP contribution in [0.25, 0.3) is 27.1 Å². The van der Waals surface area contributed by atoms with Gasteiger partial charge in [0.2, 0.25) is 0 Å². The molecular formula is C33H38N2O6S2. The van der Waals surface area contributed by atoms with Crippen LogP contribution in [0.4, 0.5) is 0 Å². The smallest absolute Gasteiger partial charge is 0.493 e. The second-order valence-corrected chi connectivity index (χ2v) is 14.3. The van der Waals surface area contributed by atoms with E-state index < -0.39 is 24.1 Å². The van der Waals surface area contributed by atoms with Crippen molar-refractivity contribution in [1.82, 2.24) is 0 Å². The van der Waals surface area contributed by atoms with Gasteiger partial charge in [0.25, 0.3) is 19.7 Å². The summed E-state index contributed by atoms with van der Waals surface area (Å²) in [6, 6.07) is 19.0. The second kappa shape index (κ2) is 14.6. The maximum atomic E-state index is 13.9. The first-order valence-corrected chi connectivity index (χ1v) is 17.7. The monoisotopic (exact) mass is 622 g/mol. The first kappa shape index (κ1) is 32.2. The average molecular weight is 623 g/mol. The van der Waals surface area contributed by atoms with Gasteiger partial charge < -0.3 is 15.0 Å². The lowest BCUT2D eigenvalue weighted by atomic mass is 10.1. The van der Waals surface area contributed by atoms with Crippen LogP contribution < -0.4 is 9.47 Å². The third-order valence-electron chi connectivity index (χ3n) is 7.32. The quantitative estimate of drug-likeness (QED) is 0.0466. The molecule has 0 spiro atoms. The number of sulfone groups is 2. The fourth-order valence-corrected chi connectivity index (χ4v) is 8.78. The SMILES string of the molecule is CCCCCCOc1ccc(S(=O)(=O)C(=[N+]=[N-])S(=O)(=O)c2ccc(OCCCCCC)c3ccccc23)c2ccccc12. The van der Waals surface area contributed by atoms with Crippen molar-refractivity contribution >= 4 is 45.6 Å². The Kier molecular flexibility index (Phi) is 11.0. The van der Waals surface area contributed by atoms with Crippen LogP contribution in [0.15, 0.2) is 82.6 Å². The van der Waals surface area contributed by atoms with E-state index >= 15 is 0 Å². The lowest BCUT2D eigenvalue weighted by molar-refractivity contribution is 0.00381. The molecule has 43 heavy (non-hydrogen) atoms. The van der Waals surface area contributed by atoms with Crippen LogP contribution in [0.3, 0.4) is 0 Å². The van der Waals surface area contributed by atoms with E-state index in [1.807, 2.05) is 0 Å². The number of nitrogens with zero attached hydrogens (tertiary/aromatic N) is 2. The summed E-state index contributed by atoms with van der Waals surface area (Å²) < 4.78 is 66.3. The van der Waals surface area contributed by atoms with Crippen molar-refractivity contribution in [2.24, 2.45) is 0 Å². The van der Waals surface area contributed by atoms with Gasteiger partial charge in [0.15, 0.2) is 0 Å². The van der Waals surface area contributed by atoms with Gasteiger partial charge in [-0.05, 0) is 37.1 Å². The van der Waals surface area contributed by atoms with Crippen LogP contribution in [0.2, 0.25) is 0 Å². The van der Waals surface area contributed by atoms with Crippen LogP contribution in [0, 0.1) is 0 Å². The zero-order chi connectivity index (χ0) is 30.9. The zero-order valence-corrected chi connectivity index (χ0v) is 26.3. The molecule has 0 aliphatic carbocycles. The molecule has 0 radical (unpaired) electrons. The first-order valence-electron chi connectivity index (χ1n) is 14.8. The number of ether oxygens (including phenoxy) is 2. The molecule has 4 aromatic rings. The lowest BCUT2D eigenvalue weighted by Crippen LogP contribution is -2.26. The molecule has 0 aliphatic heterocycles. The van der Waals surface area contributed by atoms with E-state index in [0.717, 1.165) is 51.4 Å². The first-order chi connectivity index (χ1) is 20.8. The molecule has 0 aromatic heterocycles. The highest BCUT2D eigenvalue weighted by molar-refractivity contribution is 8.31. The maximum absolute atomic E-state index is 13.9. The van der Waals surface area contributed by atoms with E-state index in [9.17, 15) is 22.4 Å². The van der Waals surface area contributed by atoms with E-state index in [0.29, 0.717) is 35.5 Å². The summed E-state index contributed by atoms with van der Waals surface area (Å²) in [6.07, 6.45) is 8.16. The van der Waals surface area contributed by atoms with E-state index in [4.69, 9.17) is 9.47 Å². The minimum Gasteiger partial charge on any atom is -0.493 e. The summed E-state index contributed by atoms with van der Waals surface area (Å²) in [5.41, 5.74) is 9.93. The van der Waals surface area contributed by atoms with Crippen LogP contribution >= 0.6 is 0 Å². The molecule has 0 saturated carbocycles. The Bertz CT molecular complexity index is 1720. The minimum atomic E-state index is -4.81. The number of unbranched alkanes of at least 4 members (excludes halogenated alkanes) is 6. The number of hydrogen-bond acceptors (Lipinski definition) is 6. The lowest BCUT2D eigenvalue weighted by Gasteiger charge is -2.13. The molecule has 0 unspecified atom stereocenters. The minimum absolute atomic E-state index is 0.265. The third kappa shape index (κ3) is 7.09. The Morgan fingerprint density at radius 2 is 0.977 bits per heavy atom. The molecule has 0 bridgehead atoms. The Morgan fingerprint density at radius 1 is 0.581 bits per heavy atom. The summed E-state index contributed by atoms with van der Waals surface area (Å²) in [5, 5.41) is 1.56. The Morgan fingerprint density at radius 3 is 1.35 bits per heavy atom. The zero-order valence-electron chi connectivity index (χ0n) is 24.7. The van der Waals surface area contributed by atoms with E-state index in [1.165, 1.54) is 24.3 Å². The van der Waals surface area contributed by atoms with Crippen molar-refractivity contribution in [3.05, 3.63) is 78.3 Å². The number of benzene rings is 4. The van der Waals surface area contributed by atoms with Gasteiger partial charge in [-0.15, -0.1) is 4.79 Å². The molecule has 0 amide bonds.